The van der Waals surface area contributed by atoms with Crippen molar-refractivity contribution >= 4 is 5.91 Å². The standard InChI is InChI=1S/C15H24N2O2/c1-3-14-13(7-8-16-14)15(18)17-9-5-4-6-12(10-17)11-19-2/h7-8,12,16H,3-6,9-11H2,1-2H3. The maximum atomic E-state index is 12.6. The van der Waals surface area contributed by atoms with Crippen molar-refractivity contribution in [3.05, 3.63) is 23.5 Å². The minimum absolute atomic E-state index is 0.168. The molecule has 0 aromatic carbocycles. The summed E-state index contributed by atoms with van der Waals surface area (Å²) >= 11 is 0. The number of nitrogens with zero attached hydrogens (tertiary/aromatic N) is 1. The molecule has 1 atom stereocenters. The molecule has 2 rings (SSSR count). The number of aromatic amines is 1. The Labute approximate surface area is 115 Å². The SMILES string of the molecule is CCc1[nH]ccc1C(=O)N1CCCCC(COC)C1. The number of nitrogens with one attached hydrogen (secondary N) is 1. The molecule has 4 heteroatoms. The molecule has 1 fully saturated rings. The normalized spacial score (nSPS) is 20.3. The van der Waals surface area contributed by atoms with Crippen molar-refractivity contribution in [3.63, 3.8) is 0 Å². The van der Waals surface area contributed by atoms with Crippen molar-refractivity contribution in [1.82, 2.24) is 9.88 Å². The van der Waals surface area contributed by atoms with E-state index in [2.05, 4.69) is 11.9 Å². The fraction of sp³-hybridized carbons (Fsp3) is 0.667. The molecule has 0 aliphatic carbocycles. The van der Waals surface area contributed by atoms with Crippen LogP contribution in [0.15, 0.2) is 12.3 Å². The number of hydrogen-bond donors (Lipinski definition) is 1. The van der Waals surface area contributed by atoms with Gasteiger partial charge in [0.05, 0.1) is 12.2 Å². The van der Waals surface area contributed by atoms with E-state index in [0.29, 0.717) is 5.92 Å². The first kappa shape index (κ1) is 14.1. The summed E-state index contributed by atoms with van der Waals surface area (Å²) < 4.78 is 5.26. The Kier molecular flexibility index (Phi) is 5.02. The van der Waals surface area contributed by atoms with Crippen LogP contribution in [0.2, 0.25) is 0 Å². The lowest BCUT2D eigenvalue weighted by atomic mass is 10.0. The number of ether oxygens (including phenoxy) is 1. The van der Waals surface area contributed by atoms with Gasteiger partial charge in [0.1, 0.15) is 0 Å². The van der Waals surface area contributed by atoms with Gasteiger partial charge in [-0.2, -0.15) is 0 Å². The third-order valence-electron chi connectivity index (χ3n) is 3.88. The van der Waals surface area contributed by atoms with Crippen LogP contribution in [0.3, 0.4) is 0 Å². The third kappa shape index (κ3) is 3.38. The van der Waals surface area contributed by atoms with Gasteiger partial charge < -0.3 is 14.6 Å². The number of aromatic nitrogens is 1. The first-order valence-electron chi connectivity index (χ1n) is 7.20. The van der Waals surface area contributed by atoms with Gasteiger partial charge >= 0.3 is 0 Å². The lowest BCUT2D eigenvalue weighted by Crippen LogP contribution is -2.36. The van der Waals surface area contributed by atoms with Crippen LogP contribution in [0.1, 0.15) is 42.2 Å². The summed E-state index contributed by atoms with van der Waals surface area (Å²) in [6.07, 6.45) is 6.16. The van der Waals surface area contributed by atoms with E-state index in [1.54, 1.807) is 7.11 Å². The number of hydrogen-bond acceptors (Lipinski definition) is 2. The van der Waals surface area contributed by atoms with E-state index in [0.717, 1.165) is 50.2 Å². The molecule has 0 bridgehead atoms. The zero-order valence-electron chi connectivity index (χ0n) is 11.9. The quantitative estimate of drug-likeness (QED) is 0.908. The summed E-state index contributed by atoms with van der Waals surface area (Å²) in [5.74, 6) is 0.640. The van der Waals surface area contributed by atoms with Crippen LogP contribution in [0.4, 0.5) is 0 Å². The number of carbonyl (C=O) groups is 1. The van der Waals surface area contributed by atoms with E-state index in [1.807, 2.05) is 17.2 Å². The topological polar surface area (TPSA) is 45.3 Å². The zero-order chi connectivity index (χ0) is 13.7. The summed E-state index contributed by atoms with van der Waals surface area (Å²) in [5.41, 5.74) is 1.87. The van der Waals surface area contributed by atoms with E-state index in [-0.39, 0.29) is 5.91 Å². The number of H-pyrrole nitrogens is 1. The van der Waals surface area contributed by atoms with Crippen molar-refractivity contribution in [3.8, 4) is 0 Å². The summed E-state index contributed by atoms with van der Waals surface area (Å²) in [6, 6.07) is 1.90. The molecule has 1 aliphatic rings. The first-order chi connectivity index (χ1) is 9.26. The highest BCUT2D eigenvalue weighted by Gasteiger charge is 2.24. The van der Waals surface area contributed by atoms with Crippen LogP contribution in [-0.2, 0) is 11.2 Å². The molecule has 1 N–H and O–H groups in total. The Hall–Kier alpha value is -1.29. The Balaban J connectivity index is 2.08. The number of rotatable bonds is 4. The summed E-state index contributed by atoms with van der Waals surface area (Å²) in [7, 11) is 1.73. The lowest BCUT2D eigenvalue weighted by Gasteiger charge is -2.24. The Morgan fingerprint density at radius 3 is 3.11 bits per heavy atom. The Morgan fingerprint density at radius 1 is 1.53 bits per heavy atom. The Bertz CT molecular complexity index is 414. The van der Waals surface area contributed by atoms with Crippen LogP contribution >= 0.6 is 0 Å². The highest BCUT2D eigenvalue weighted by molar-refractivity contribution is 5.95. The molecular formula is C15H24N2O2. The second kappa shape index (κ2) is 6.75. The van der Waals surface area contributed by atoms with Gasteiger partial charge in [-0.1, -0.05) is 13.3 Å². The zero-order valence-corrected chi connectivity index (χ0v) is 11.9. The molecule has 2 heterocycles. The van der Waals surface area contributed by atoms with E-state index >= 15 is 0 Å². The highest BCUT2D eigenvalue weighted by Crippen LogP contribution is 2.20. The molecule has 1 amide bonds. The largest absolute Gasteiger partial charge is 0.384 e. The smallest absolute Gasteiger partial charge is 0.255 e. The van der Waals surface area contributed by atoms with Gasteiger partial charge in [-0.05, 0) is 31.2 Å². The maximum Gasteiger partial charge on any atom is 0.255 e. The second-order valence-corrected chi connectivity index (χ2v) is 5.29. The highest BCUT2D eigenvalue weighted by atomic mass is 16.5. The third-order valence-corrected chi connectivity index (χ3v) is 3.88. The van der Waals surface area contributed by atoms with Gasteiger partial charge in [0.15, 0.2) is 0 Å². The predicted octanol–water partition coefficient (Wildman–Crippen LogP) is 2.47. The first-order valence-corrected chi connectivity index (χ1v) is 7.20. The number of likely N-dealkylation sites (tertiary alicyclic amines) is 1. The summed E-state index contributed by atoms with van der Waals surface area (Å²) in [5, 5.41) is 0. The molecule has 1 unspecified atom stereocenters. The lowest BCUT2D eigenvalue weighted by molar-refractivity contribution is 0.0696. The summed E-state index contributed by atoms with van der Waals surface area (Å²) in [4.78, 5) is 17.8. The van der Waals surface area contributed by atoms with Crippen LogP contribution in [-0.4, -0.2) is 42.6 Å². The maximum absolute atomic E-state index is 12.6. The van der Waals surface area contributed by atoms with Crippen molar-refractivity contribution in [2.75, 3.05) is 26.8 Å². The van der Waals surface area contributed by atoms with Crippen LogP contribution in [0, 0.1) is 5.92 Å². The molecular weight excluding hydrogens is 240 g/mol. The van der Waals surface area contributed by atoms with Gasteiger partial charge in [-0.15, -0.1) is 0 Å². The van der Waals surface area contributed by atoms with Crippen molar-refractivity contribution in [2.24, 2.45) is 5.92 Å². The minimum Gasteiger partial charge on any atom is -0.384 e. The second-order valence-electron chi connectivity index (χ2n) is 5.29. The van der Waals surface area contributed by atoms with Crippen molar-refractivity contribution in [1.29, 1.82) is 0 Å². The van der Waals surface area contributed by atoms with Gasteiger partial charge in [0.25, 0.3) is 5.91 Å². The van der Waals surface area contributed by atoms with E-state index < -0.39 is 0 Å². The molecule has 0 saturated carbocycles. The van der Waals surface area contributed by atoms with E-state index in [4.69, 9.17) is 4.74 Å². The average molecular weight is 264 g/mol. The molecule has 0 spiro atoms. The number of amides is 1. The minimum atomic E-state index is 0.168. The molecule has 1 aromatic rings. The van der Waals surface area contributed by atoms with Crippen molar-refractivity contribution < 1.29 is 9.53 Å². The molecule has 0 radical (unpaired) electrons. The van der Waals surface area contributed by atoms with Gasteiger partial charge in [-0.3, -0.25) is 4.79 Å². The van der Waals surface area contributed by atoms with Gasteiger partial charge in [0.2, 0.25) is 0 Å². The Morgan fingerprint density at radius 2 is 2.37 bits per heavy atom. The summed E-state index contributed by atoms with van der Waals surface area (Å²) in [6.45, 7) is 4.50. The van der Waals surface area contributed by atoms with Crippen LogP contribution < -0.4 is 0 Å². The number of aryl methyl sites for hydroxylation is 1. The molecule has 4 nitrogen and oxygen atoms in total. The molecule has 1 saturated heterocycles. The van der Waals surface area contributed by atoms with Gasteiger partial charge in [0, 0.05) is 32.1 Å². The average Bonchev–Trinajstić information content (AvgIpc) is 2.77. The van der Waals surface area contributed by atoms with Crippen LogP contribution in [0.25, 0.3) is 0 Å². The monoisotopic (exact) mass is 264 g/mol. The molecule has 1 aromatic heterocycles. The van der Waals surface area contributed by atoms with Crippen molar-refractivity contribution in [2.45, 2.75) is 32.6 Å². The van der Waals surface area contributed by atoms with Gasteiger partial charge in [-0.25, -0.2) is 0 Å². The van der Waals surface area contributed by atoms with Crippen LogP contribution in [0.5, 0.6) is 0 Å². The molecule has 106 valence electrons. The fourth-order valence-corrected chi connectivity index (χ4v) is 2.85. The van der Waals surface area contributed by atoms with E-state index in [1.165, 1.54) is 6.42 Å². The fourth-order valence-electron chi connectivity index (χ4n) is 2.85. The number of carbonyl (C=O) groups excluding carboxylic acids is 1. The van der Waals surface area contributed by atoms with E-state index in [9.17, 15) is 4.79 Å². The molecule has 19 heavy (non-hydrogen) atoms. The number of methoxy groups -OCH3 is 1. The predicted molar refractivity (Wildman–Crippen MR) is 75.3 cm³/mol. The molecule has 1 aliphatic heterocycles.